The van der Waals surface area contributed by atoms with E-state index in [1.54, 1.807) is 25.3 Å². The minimum Gasteiger partial charge on any atom is -0.453 e. The molecule has 1 atom stereocenters. The molecule has 2 rings (SSSR count). The summed E-state index contributed by atoms with van der Waals surface area (Å²) in [4.78, 5) is 0. The Kier molecular flexibility index (Phi) is 4.61. The minimum absolute atomic E-state index is 0.152. The van der Waals surface area contributed by atoms with Gasteiger partial charge in [0.15, 0.2) is 5.22 Å². The fraction of sp³-hybridized carbons (Fsp3) is 0.333. The Balaban J connectivity index is 2.37. The van der Waals surface area contributed by atoms with Crippen molar-refractivity contribution in [2.24, 2.45) is 0 Å². The lowest BCUT2D eigenvalue weighted by Crippen LogP contribution is -2.23. The zero-order valence-corrected chi connectivity index (χ0v) is 11.8. The summed E-state index contributed by atoms with van der Waals surface area (Å²) in [7, 11) is 0. The summed E-state index contributed by atoms with van der Waals surface area (Å²) in [5.41, 5.74) is 2.31. The van der Waals surface area contributed by atoms with Crippen molar-refractivity contribution in [2.45, 2.75) is 26.3 Å². The van der Waals surface area contributed by atoms with Crippen molar-refractivity contribution in [2.75, 3.05) is 6.54 Å². The zero-order chi connectivity index (χ0) is 13.8. The number of halogens is 2. The van der Waals surface area contributed by atoms with Gasteiger partial charge in [-0.3, -0.25) is 0 Å². The van der Waals surface area contributed by atoms with Crippen LogP contribution >= 0.6 is 11.6 Å². The topological polar surface area (TPSA) is 25.2 Å². The highest BCUT2D eigenvalue weighted by molar-refractivity contribution is 6.29. The normalized spacial score (nSPS) is 12.6. The summed E-state index contributed by atoms with van der Waals surface area (Å²) in [5.74, 6) is -0.208. The van der Waals surface area contributed by atoms with Crippen LogP contribution in [0.2, 0.25) is 5.22 Å². The summed E-state index contributed by atoms with van der Waals surface area (Å²) in [6.07, 6.45) is 2.53. The van der Waals surface area contributed by atoms with Gasteiger partial charge >= 0.3 is 0 Å². The van der Waals surface area contributed by atoms with Gasteiger partial charge in [0.2, 0.25) is 0 Å². The first-order valence-electron chi connectivity index (χ1n) is 6.35. The number of hydrogen-bond donors (Lipinski definition) is 1. The van der Waals surface area contributed by atoms with E-state index in [1.165, 1.54) is 0 Å². The quantitative estimate of drug-likeness (QED) is 0.875. The summed E-state index contributed by atoms with van der Waals surface area (Å²) in [6.45, 7) is 4.65. The number of benzene rings is 1. The molecule has 0 aliphatic carbocycles. The third-order valence-corrected chi connectivity index (χ3v) is 3.39. The molecule has 0 aliphatic heterocycles. The van der Waals surface area contributed by atoms with Gasteiger partial charge in [0, 0.05) is 5.56 Å². The molecule has 4 heteroatoms. The van der Waals surface area contributed by atoms with Crippen LogP contribution in [0.25, 0.3) is 0 Å². The molecule has 0 radical (unpaired) electrons. The zero-order valence-electron chi connectivity index (χ0n) is 11.0. The van der Waals surface area contributed by atoms with E-state index < -0.39 is 0 Å². The summed E-state index contributed by atoms with van der Waals surface area (Å²) in [6, 6.07) is 6.90. The maximum absolute atomic E-state index is 13.7. The van der Waals surface area contributed by atoms with Crippen LogP contribution in [0.15, 0.2) is 34.9 Å². The highest BCUT2D eigenvalue weighted by Gasteiger charge is 2.19. The van der Waals surface area contributed by atoms with Crippen LogP contribution in [0.5, 0.6) is 0 Å². The maximum Gasteiger partial charge on any atom is 0.198 e. The van der Waals surface area contributed by atoms with Crippen LogP contribution in [0, 0.1) is 12.7 Å². The highest BCUT2D eigenvalue weighted by atomic mass is 35.5. The van der Waals surface area contributed by atoms with E-state index in [0.717, 1.165) is 24.1 Å². The second-order valence-electron chi connectivity index (χ2n) is 4.55. The molecule has 1 unspecified atom stereocenters. The Morgan fingerprint density at radius 2 is 2.16 bits per heavy atom. The molecule has 0 aliphatic rings. The van der Waals surface area contributed by atoms with E-state index >= 15 is 0 Å². The third-order valence-electron chi connectivity index (χ3n) is 3.08. The molecule has 2 aromatic rings. The molecule has 19 heavy (non-hydrogen) atoms. The number of furan rings is 1. The molecule has 0 spiro atoms. The fourth-order valence-corrected chi connectivity index (χ4v) is 2.22. The molecule has 0 saturated heterocycles. The van der Waals surface area contributed by atoms with Gasteiger partial charge in [-0.25, -0.2) is 4.39 Å². The number of nitrogens with one attached hydrogen (secondary N) is 1. The molecule has 1 heterocycles. The molecule has 1 aromatic carbocycles. The van der Waals surface area contributed by atoms with E-state index in [9.17, 15) is 4.39 Å². The first kappa shape index (κ1) is 14.1. The van der Waals surface area contributed by atoms with Crippen LogP contribution in [-0.4, -0.2) is 6.54 Å². The molecule has 1 aromatic heterocycles. The van der Waals surface area contributed by atoms with Crippen molar-refractivity contribution in [3.05, 3.63) is 58.3 Å². The predicted molar refractivity (Wildman–Crippen MR) is 75.0 cm³/mol. The molecular weight excluding hydrogens is 265 g/mol. The lowest BCUT2D eigenvalue weighted by molar-refractivity contribution is 0.547. The Bertz CT molecular complexity index is 553. The van der Waals surface area contributed by atoms with Gasteiger partial charge in [-0.05, 0) is 54.7 Å². The van der Waals surface area contributed by atoms with Crippen molar-refractivity contribution in [1.29, 1.82) is 0 Å². The molecule has 2 nitrogen and oxygen atoms in total. The van der Waals surface area contributed by atoms with E-state index in [4.69, 9.17) is 16.0 Å². The largest absolute Gasteiger partial charge is 0.453 e. The smallest absolute Gasteiger partial charge is 0.198 e. The van der Waals surface area contributed by atoms with Gasteiger partial charge in [-0.15, -0.1) is 0 Å². The predicted octanol–water partition coefficient (Wildman–Crippen LogP) is 4.47. The second kappa shape index (κ2) is 6.22. The van der Waals surface area contributed by atoms with E-state index in [0.29, 0.717) is 10.8 Å². The lowest BCUT2D eigenvalue weighted by Gasteiger charge is -2.18. The van der Waals surface area contributed by atoms with Gasteiger partial charge in [0.1, 0.15) is 5.82 Å². The molecule has 1 N–H and O–H groups in total. The molecule has 0 amide bonds. The van der Waals surface area contributed by atoms with E-state index in [1.807, 2.05) is 12.1 Å². The summed E-state index contributed by atoms with van der Waals surface area (Å²) in [5, 5.41) is 3.71. The summed E-state index contributed by atoms with van der Waals surface area (Å²) >= 11 is 6.03. The minimum atomic E-state index is -0.208. The molecule has 102 valence electrons. The standard InChI is InChI=1S/C15H17ClFNO/c1-3-7-18-14(12-6-8-19-15(12)16)11-5-4-10(2)13(17)9-11/h4-6,8-9,14,18H,3,7H2,1-2H3. The molecule has 0 bridgehead atoms. The Morgan fingerprint density at radius 1 is 1.37 bits per heavy atom. The van der Waals surface area contributed by atoms with Gasteiger partial charge in [-0.2, -0.15) is 0 Å². The van der Waals surface area contributed by atoms with Crippen LogP contribution in [0.3, 0.4) is 0 Å². The second-order valence-corrected chi connectivity index (χ2v) is 4.89. The highest BCUT2D eigenvalue weighted by Crippen LogP contribution is 2.30. The Labute approximate surface area is 117 Å². The Morgan fingerprint density at radius 3 is 2.74 bits per heavy atom. The van der Waals surface area contributed by atoms with Gasteiger partial charge in [-0.1, -0.05) is 19.1 Å². The third kappa shape index (κ3) is 3.17. The summed E-state index contributed by atoms with van der Waals surface area (Å²) < 4.78 is 18.9. The van der Waals surface area contributed by atoms with Crippen molar-refractivity contribution in [1.82, 2.24) is 5.32 Å². The van der Waals surface area contributed by atoms with E-state index in [-0.39, 0.29) is 11.9 Å². The van der Waals surface area contributed by atoms with Crippen molar-refractivity contribution < 1.29 is 8.81 Å². The van der Waals surface area contributed by atoms with Crippen LogP contribution in [0.1, 0.15) is 36.1 Å². The number of rotatable bonds is 5. The number of aryl methyl sites for hydroxylation is 1. The van der Waals surface area contributed by atoms with Crippen LogP contribution in [-0.2, 0) is 0 Å². The van der Waals surface area contributed by atoms with E-state index in [2.05, 4.69) is 12.2 Å². The van der Waals surface area contributed by atoms with Gasteiger partial charge in [0.05, 0.1) is 12.3 Å². The number of hydrogen-bond acceptors (Lipinski definition) is 2. The van der Waals surface area contributed by atoms with Crippen LogP contribution in [0.4, 0.5) is 4.39 Å². The van der Waals surface area contributed by atoms with Crippen molar-refractivity contribution in [3.8, 4) is 0 Å². The maximum atomic E-state index is 13.7. The van der Waals surface area contributed by atoms with Crippen LogP contribution < -0.4 is 5.32 Å². The SMILES string of the molecule is CCCNC(c1ccc(C)c(F)c1)c1ccoc1Cl. The molecule has 0 fully saturated rings. The average Bonchev–Trinajstić information content (AvgIpc) is 2.80. The first-order valence-corrected chi connectivity index (χ1v) is 6.73. The van der Waals surface area contributed by atoms with Crippen molar-refractivity contribution >= 4 is 11.6 Å². The monoisotopic (exact) mass is 281 g/mol. The van der Waals surface area contributed by atoms with Crippen molar-refractivity contribution in [3.63, 3.8) is 0 Å². The Hall–Kier alpha value is -1.32. The van der Waals surface area contributed by atoms with Gasteiger partial charge in [0.25, 0.3) is 0 Å². The fourth-order valence-electron chi connectivity index (χ4n) is 2.00. The molecular formula is C15H17ClFNO. The lowest BCUT2D eigenvalue weighted by atomic mass is 9.99. The first-order chi connectivity index (χ1) is 9.13. The average molecular weight is 282 g/mol. The van der Waals surface area contributed by atoms with Gasteiger partial charge < -0.3 is 9.73 Å². The molecule has 0 saturated carbocycles.